The number of ether oxygens (including phenoxy) is 1. The highest BCUT2D eigenvalue weighted by molar-refractivity contribution is 6.19. The van der Waals surface area contributed by atoms with Gasteiger partial charge < -0.3 is 9.15 Å². The van der Waals surface area contributed by atoms with Crippen molar-refractivity contribution in [1.82, 2.24) is 4.90 Å². The molecule has 8 heteroatoms. The topological polar surface area (TPSA) is 103 Å². The number of ketones is 1. The summed E-state index contributed by atoms with van der Waals surface area (Å²) in [7, 11) is 1.89. The summed E-state index contributed by atoms with van der Waals surface area (Å²) in [6, 6.07) is 18.9. The van der Waals surface area contributed by atoms with E-state index < -0.39 is 22.8 Å². The van der Waals surface area contributed by atoms with Gasteiger partial charge in [-0.3, -0.25) is 19.8 Å². The van der Waals surface area contributed by atoms with E-state index in [1.54, 1.807) is 18.2 Å². The first-order valence-electron chi connectivity index (χ1n) is 10.3. The van der Waals surface area contributed by atoms with Gasteiger partial charge in [-0.2, -0.15) is 0 Å². The van der Waals surface area contributed by atoms with Crippen molar-refractivity contribution in [1.29, 1.82) is 0 Å². The van der Waals surface area contributed by atoms with Crippen molar-refractivity contribution in [2.24, 2.45) is 0 Å². The zero-order valence-electron chi connectivity index (χ0n) is 18.3. The van der Waals surface area contributed by atoms with Gasteiger partial charge in [0.25, 0.3) is 5.69 Å². The van der Waals surface area contributed by atoms with Crippen molar-refractivity contribution >= 4 is 23.5 Å². The Bertz CT molecular complexity index is 1140. The van der Waals surface area contributed by atoms with Gasteiger partial charge in [-0.1, -0.05) is 42.5 Å². The van der Waals surface area contributed by atoms with E-state index in [1.807, 2.05) is 42.3 Å². The number of Topliss-reactive ketones (excluding diaryl/α,β-unsaturated/α-hetero) is 1. The number of nitro groups is 1. The Morgan fingerprint density at radius 2 is 1.88 bits per heavy atom. The molecule has 0 fully saturated rings. The fourth-order valence-electron chi connectivity index (χ4n) is 3.29. The average Bonchev–Trinajstić information content (AvgIpc) is 3.32. The van der Waals surface area contributed by atoms with E-state index in [4.69, 9.17) is 9.15 Å². The first-order chi connectivity index (χ1) is 15.8. The standard InChI is InChI=1S/C25H24N2O6/c1-18(28)22(15-20-10-6-11-21(14-20)27(30)31)25(29)33-24(23-12-7-13-32-23)17-26(2)16-19-8-4-3-5-9-19/h3-15,24H,16-17H2,1-2H3. The summed E-state index contributed by atoms with van der Waals surface area (Å²) < 4.78 is 11.1. The second kappa shape index (κ2) is 11.0. The summed E-state index contributed by atoms with van der Waals surface area (Å²) in [5.41, 5.74) is 1.09. The summed E-state index contributed by atoms with van der Waals surface area (Å²) in [5.74, 6) is -0.896. The number of esters is 1. The first-order valence-corrected chi connectivity index (χ1v) is 10.3. The molecule has 1 unspecified atom stereocenters. The highest BCUT2D eigenvalue weighted by Crippen LogP contribution is 2.23. The van der Waals surface area contributed by atoms with Crippen LogP contribution in [0.15, 0.2) is 83.0 Å². The molecule has 0 N–H and O–H groups in total. The van der Waals surface area contributed by atoms with Gasteiger partial charge in [-0.05, 0) is 43.3 Å². The SMILES string of the molecule is CC(=O)C(=Cc1cccc([N+](=O)[O-])c1)C(=O)OC(CN(C)Cc1ccccc1)c1ccco1. The Kier molecular flexibility index (Phi) is 7.88. The molecule has 0 radical (unpaired) electrons. The van der Waals surface area contributed by atoms with Gasteiger partial charge in [0.2, 0.25) is 0 Å². The number of benzene rings is 2. The molecule has 0 amide bonds. The Morgan fingerprint density at radius 1 is 1.12 bits per heavy atom. The Hall–Kier alpha value is -4.04. The molecule has 1 atom stereocenters. The second-order valence-corrected chi connectivity index (χ2v) is 7.56. The Balaban J connectivity index is 1.80. The lowest BCUT2D eigenvalue weighted by molar-refractivity contribution is -0.384. The molecule has 0 aliphatic heterocycles. The van der Waals surface area contributed by atoms with Crippen LogP contribution >= 0.6 is 0 Å². The van der Waals surface area contributed by atoms with Crippen LogP contribution in [-0.4, -0.2) is 35.2 Å². The number of hydrogen-bond acceptors (Lipinski definition) is 7. The lowest BCUT2D eigenvalue weighted by Gasteiger charge is -2.23. The number of carbonyl (C=O) groups is 2. The maximum absolute atomic E-state index is 12.9. The molecule has 0 bridgehead atoms. The summed E-state index contributed by atoms with van der Waals surface area (Å²) >= 11 is 0. The molecule has 0 aliphatic carbocycles. The number of hydrogen-bond donors (Lipinski definition) is 0. The fraction of sp³-hybridized carbons (Fsp3) is 0.200. The molecule has 3 aromatic rings. The Morgan fingerprint density at radius 3 is 2.52 bits per heavy atom. The molecular formula is C25H24N2O6. The smallest absolute Gasteiger partial charge is 0.342 e. The van der Waals surface area contributed by atoms with Crippen LogP contribution in [0.5, 0.6) is 0 Å². The van der Waals surface area contributed by atoms with Crippen LogP contribution in [0.3, 0.4) is 0 Å². The molecule has 0 saturated carbocycles. The predicted molar refractivity (Wildman–Crippen MR) is 122 cm³/mol. The van der Waals surface area contributed by atoms with Crippen molar-refractivity contribution in [3.8, 4) is 0 Å². The molecule has 3 rings (SSSR count). The lowest BCUT2D eigenvalue weighted by atomic mass is 10.1. The van der Waals surface area contributed by atoms with Crippen LogP contribution < -0.4 is 0 Å². The number of likely N-dealkylation sites (N-methyl/N-ethyl adjacent to an activating group) is 1. The maximum Gasteiger partial charge on any atom is 0.342 e. The van der Waals surface area contributed by atoms with Gasteiger partial charge in [0.15, 0.2) is 11.9 Å². The van der Waals surface area contributed by atoms with Gasteiger partial charge >= 0.3 is 5.97 Å². The van der Waals surface area contributed by atoms with E-state index in [9.17, 15) is 19.7 Å². The first kappa shape index (κ1) is 23.6. The maximum atomic E-state index is 12.9. The third-order valence-electron chi connectivity index (χ3n) is 4.87. The molecule has 0 saturated heterocycles. The van der Waals surface area contributed by atoms with Crippen LogP contribution in [0, 0.1) is 10.1 Å². The van der Waals surface area contributed by atoms with Crippen LogP contribution in [0.2, 0.25) is 0 Å². The van der Waals surface area contributed by atoms with Gasteiger partial charge in [-0.25, -0.2) is 4.79 Å². The van der Waals surface area contributed by atoms with Crippen molar-refractivity contribution in [3.63, 3.8) is 0 Å². The number of rotatable bonds is 10. The zero-order chi connectivity index (χ0) is 23.8. The number of carbonyl (C=O) groups excluding carboxylic acids is 2. The van der Waals surface area contributed by atoms with E-state index in [0.717, 1.165) is 5.56 Å². The third kappa shape index (κ3) is 6.72. The molecular weight excluding hydrogens is 424 g/mol. The van der Waals surface area contributed by atoms with Crippen molar-refractivity contribution in [2.75, 3.05) is 13.6 Å². The second-order valence-electron chi connectivity index (χ2n) is 7.56. The van der Waals surface area contributed by atoms with E-state index in [2.05, 4.69) is 0 Å². The zero-order valence-corrected chi connectivity index (χ0v) is 18.3. The summed E-state index contributed by atoms with van der Waals surface area (Å²) in [6.45, 7) is 2.20. The molecule has 1 heterocycles. The summed E-state index contributed by atoms with van der Waals surface area (Å²) in [6.07, 6.45) is 2.03. The molecule has 1 aromatic heterocycles. The monoisotopic (exact) mass is 448 g/mol. The molecule has 33 heavy (non-hydrogen) atoms. The van der Waals surface area contributed by atoms with Crippen LogP contribution in [0.25, 0.3) is 6.08 Å². The van der Waals surface area contributed by atoms with Crippen LogP contribution in [-0.2, 0) is 20.9 Å². The molecule has 170 valence electrons. The number of nitro benzene ring substituents is 1. The largest absolute Gasteiger partial charge is 0.465 e. The van der Waals surface area contributed by atoms with Crippen molar-refractivity contribution in [2.45, 2.75) is 19.6 Å². The van der Waals surface area contributed by atoms with E-state index in [-0.39, 0.29) is 11.3 Å². The van der Waals surface area contributed by atoms with E-state index in [1.165, 1.54) is 37.5 Å². The lowest BCUT2D eigenvalue weighted by Crippen LogP contribution is -2.28. The number of nitrogens with zero attached hydrogens (tertiary/aromatic N) is 2. The molecule has 8 nitrogen and oxygen atoms in total. The third-order valence-corrected chi connectivity index (χ3v) is 4.87. The Labute approximate surface area is 191 Å². The average molecular weight is 448 g/mol. The van der Waals surface area contributed by atoms with E-state index in [0.29, 0.717) is 24.4 Å². The number of non-ortho nitro benzene ring substituents is 1. The highest BCUT2D eigenvalue weighted by atomic mass is 16.6. The quantitative estimate of drug-likeness (QED) is 0.112. The molecule has 2 aromatic carbocycles. The van der Waals surface area contributed by atoms with Gasteiger partial charge in [0.05, 0.1) is 11.2 Å². The van der Waals surface area contributed by atoms with Crippen molar-refractivity contribution in [3.05, 3.63) is 106 Å². The van der Waals surface area contributed by atoms with Crippen molar-refractivity contribution < 1.29 is 23.7 Å². The van der Waals surface area contributed by atoms with E-state index >= 15 is 0 Å². The van der Waals surface area contributed by atoms with Crippen LogP contribution in [0.4, 0.5) is 5.69 Å². The van der Waals surface area contributed by atoms with Crippen LogP contribution in [0.1, 0.15) is 29.9 Å². The normalized spacial score (nSPS) is 12.4. The fourth-order valence-corrected chi connectivity index (χ4v) is 3.29. The van der Waals surface area contributed by atoms with Gasteiger partial charge in [0, 0.05) is 25.2 Å². The van der Waals surface area contributed by atoms with Gasteiger partial charge in [-0.15, -0.1) is 0 Å². The summed E-state index contributed by atoms with van der Waals surface area (Å²) in [4.78, 5) is 37.6. The minimum absolute atomic E-state index is 0.143. The predicted octanol–water partition coefficient (Wildman–Crippen LogP) is 4.58. The minimum atomic E-state index is -0.830. The van der Waals surface area contributed by atoms with Gasteiger partial charge in [0.1, 0.15) is 11.3 Å². The molecule has 0 spiro atoms. The molecule has 0 aliphatic rings. The number of furan rings is 1. The highest BCUT2D eigenvalue weighted by Gasteiger charge is 2.25. The minimum Gasteiger partial charge on any atom is -0.465 e. The summed E-state index contributed by atoms with van der Waals surface area (Å²) in [5, 5.41) is 11.0.